The van der Waals surface area contributed by atoms with E-state index in [2.05, 4.69) is 26.8 Å². The van der Waals surface area contributed by atoms with E-state index in [4.69, 9.17) is 4.74 Å². The number of phenolic OH excluding ortho intramolecular Hbond substituents is 1. The smallest absolute Gasteiger partial charge is 0.163 e. The van der Waals surface area contributed by atoms with Crippen LogP contribution in [0.1, 0.15) is 75.4 Å². The number of carbonyl (C=O) groups is 1. The number of phenols is 1. The first-order chi connectivity index (χ1) is 11.3. The van der Waals surface area contributed by atoms with E-state index in [-0.39, 0.29) is 11.5 Å². The third-order valence-electron chi connectivity index (χ3n) is 4.38. The normalized spacial score (nSPS) is 18.7. The van der Waals surface area contributed by atoms with Crippen LogP contribution in [-0.2, 0) is 6.42 Å². The second-order valence-electron chi connectivity index (χ2n) is 7.05. The number of benzene rings is 1. The molecule has 24 heavy (non-hydrogen) atoms. The van der Waals surface area contributed by atoms with Crippen molar-refractivity contribution >= 4 is 11.9 Å². The molecule has 3 nitrogen and oxygen atoms in total. The van der Waals surface area contributed by atoms with Crippen molar-refractivity contribution in [1.29, 1.82) is 0 Å². The Morgan fingerprint density at radius 2 is 2.04 bits per heavy atom. The third-order valence-corrected chi connectivity index (χ3v) is 4.38. The molecule has 0 radical (unpaired) electrons. The largest absolute Gasteiger partial charge is 0.507 e. The van der Waals surface area contributed by atoms with Crippen LogP contribution < -0.4 is 4.74 Å². The molecule has 0 aliphatic carbocycles. The van der Waals surface area contributed by atoms with Crippen molar-refractivity contribution in [2.75, 3.05) is 0 Å². The van der Waals surface area contributed by atoms with Gasteiger partial charge in [-0.05, 0) is 70.7 Å². The second-order valence-corrected chi connectivity index (χ2v) is 7.05. The molecular weight excluding hydrogens is 300 g/mol. The lowest BCUT2D eigenvalue weighted by molar-refractivity contribution is 0.0986. The van der Waals surface area contributed by atoms with Gasteiger partial charge in [0.25, 0.3) is 0 Å². The SMILES string of the molecule is CCCc1cc(O)c2c(c1C(C)=O)O[C@@](C)(CCC=C(C)C)C=C2. The molecule has 1 heterocycles. The first-order valence-electron chi connectivity index (χ1n) is 8.69. The Morgan fingerprint density at radius 1 is 1.33 bits per heavy atom. The van der Waals surface area contributed by atoms with Gasteiger partial charge >= 0.3 is 0 Å². The van der Waals surface area contributed by atoms with E-state index < -0.39 is 5.60 Å². The minimum absolute atomic E-state index is 0.0170. The van der Waals surface area contributed by atoms with Gasteiger partial charge < -0.3 is 9.84 Å². The first-order valence-corrected chi connectivity index (χ1v) is 8.69. The molecule has 1 aromatic carbocycles. The molecule has 0 bridgehead atoms. The number of aryl methyl sites for hydroxylation is 1. The van der Waals surface area contributed by atoms with Gasteiger partial charge in [-0.25, -0.2) is 0 Å². The molecule has 0 amide bonds. The van der Waals surface area contributed by atoms with E-state index in [0.29, 0.717) is 16.9 Å². The van der Waals surface area contributed by atoms with Crippen molar-refractivity contribution in [3.63, 3.8) is 0 Å². The molecule has 2 rings (SSSR count). The first kappa shape index (κ1) is 18.3. The molecule has 0 spiro atoms. The lowest BCUT2D eigenvalue weighted by Crippen LogP contribution is -2.32. The van der Waals surface area contributed by atoms with Gasteiger partial charge in [-0.1, -0.05) is 25.0 Å². The molecule has 0 aromatic heterocycles. The summed E-state index contributed by atoms with van der Waals surface area (Å²) in [6, 6.07) is 1.71. The van der Waals surface area contributed by atoms with Crippen LogP contribution in [0, 0.1) is 0 Å². The molecule has 1 aromatic rings. The van der Waals surface area contributed by atoms with Crippen molar-refractivity contribution in [2.45, 2.75) is 65.9 Å². The highest BCUT2D eigenvalue weighted by molar-refractivity contribution is 6.00. The standard InChI is InChI=1S/C21H28O3/c1-6-8-16-13-18(23)17-10-12-21(5,11-7-9-14(2)3)24-20(17)19(16)15(4)22/h9-10,12-13,23H,6-8,11H2,1-5H3/t21-/m0/s1. The van der Waals surface area contributed by atoms with Crippen LogP contribution >= 0.6 is 0 Å². The van der Waals surface area contributed by atoms with Crippen LogP contribution in [-0.4, -0.2) is 16.5 Å². The molecular formula is C21H28O3. The summed E-state index contributed by atoms with van der Waals surface area (Å²) < 4.78 is 6.26. The average Bonchev–Trinajstić information content (AvgIpc) is 2.46. The van der Waals surface area contributed by atoms with Crippen molar-refractivity contribution in [3.05, 3.63) is 40.5 Å². The van der Waals surface area contributed by atoms with E-state index in [0.717, 1.165) is 31.2 Å². The molecule has 3 heteroatoms. The van der Waals surface area contributed by atoms with Crippen LogP contribution in [0.25, 0.3) is 6.08 Å². The van der Waals surface area contributed by atoms with Crippen LogP contribution in [0.5, 0.6) is 11.5 Å². The van der Waals surface area contributed by atoms with Gasteiger partial charge in [0.15, 0.2) is 5.78 Å². The molecule has 0 unspecified atom stereocenters. The van der Waals surface area contributed by atoms with Gasteiger partial charge in [-0.15, -0.1) is 0 Å². The summed E-state index contributed by atoms with van der Waals surface area (Å²) in [6.45, 7) is 9.81. The molecule has 1 atom stereocenters. The number of carbonyl (C=O) groups excluding carboxylic acids is 1. The fourth-order valence-corrected chi connectivity index (χ4v) is 3.14. The number of fused-ring (bicyclic) bond motifs is 1. The zero-order chi connectivity index (χ0) is 17.9. The lowest BCUT2D eigenvalue weighted by Gasteiger charge is -2.33. The van der Waals surface area contributed by atoms with Crippen LogP contribution in [0.2, 0.25) is 0 Å². The maximum Gasteiger partial charge on any atom is 0.163 e. The van der Waals surface area contributed by atoms with Gasteiger partial charge in [-0.3, -0.25) is 4.79 Å². The fraction of sp³-hybridized carbons (Fsp3) is 0.476. The van der Waals surface area contributed by atoms with Crippen LogP contribution in [0.15, 0.2) is 23.8 Å². The summed E-state index contributed by atoms with van der Waals surface area (Å²) in [5.74, 6) is 0.700. The van der Waals surface area contributed by atoms with Crippen molar-refractivity contribution in [1.82, 2.24) is 0 Å². The second kappa shape index (κ2) is 7.25. The van der Waals surface area contributed by atoms with E-state index in [1.807, 2.05) is 19.1 Å². The van der Waals surface area contributed by atoms with Gasteiger partial charge in [0.05, 0.1) is 11.1 Å². The number of Topliss-reactive ketones (excluding diaryl/α,β-unsaturated/α-hetero) is 1. The molecule has 0 saturated carbocycles. The lowest BCUT2D eigenvalue weighted by atomic mass is 9.90. The Morgan fingerprint density at radius 3 is 2.62 bits per heavy atom. The summed E-state index contributed by atoms with van der Waals surface area (Å²) in [4.78, 5) is 12.2. The Balaban J connectivity index is 2.44. The number of hydrogen-bond donors (Lipinski definition) is 1. The molecule has 0 saturated heterocycles. The predicted molar refractivity (Wildman–Crippen MR) is 98.8 cm³/mol. The Kier molecular flexibility index (Phi) is 5.53. The molecule has 0 fully saturated rings. The number of rotatable bonds is 6. The van der Waals surface area contributed by atoms with Crippen LogP contribution in [0.4, 0.5) is 0 Å². The zero-order valence-electron chi connectivity index (χ0n) is 15.4. The number of ether oxygens (including phenoxy) is 1. The van der Waals surface area contributed by atoms with E-state index in [9.17, 15) is 9.90 Å². The fourth-order valence-electron chi connectivity index (χ4n) is 3.14. The van der Waals surface area contributed by atoms with Gasteiger partial charge in [0.2, 0.25) is 0 Å². The summed E-state index contributed by atoms with van der Waals surface area (Å²) in [7, 11) is 0. The highest BCUT2D eigenvalue weighted by Crippen LogP contribution is 2.42. The van der Waals surface area contributed by atoms with E-state index in [1.54, 1.807) is 13.0 Å². The monoisotopic (exact) mass is 328 g/mol. The molecule has 1 N–H and O–H groups in total. The maximum absolute atomic E-state index is 12.2. The topological polar surface area (TPSA) is 46.5 Å². The average molecular weight is 328 g/mol. The highest BCUT2D eigenvalue weighted by atomic mass is 16.5. The molecule has 1 aliphatic rings. The third kappa shape index (κ3) is 3.89. The van der Waals surface area contributed by atoms with Crippen molar-refractivity contribution in [2.24, 2.45) is 0 Å². The Bertz CT molecular complexity index is 694. The van der Waals surface area contributed by atoms with Crippen molar-refractivity contribution < 1.29 is 14.6 Å². The number of allylic oxidation sites excluding steroid dienone is 2. The van der Waals surface area contributed by atoms with Gasteiger partial charge in [0.1, 0.15) is 17.1 Å². The minimum atomic E-state index is -0.472. The van der Waals surface area contributed by atoms with E-state index in [1.165, 1.54) is 5.57 Å². The van der Waals surface area contributed by atoms with Crippen LogP contribution in [0.3, 0.4) is 0 Å². The number of aromatic hydroxyl groups is 1. The highest BCUT2D eigenvalue weighted by Gasteiger charge is 2.31. The Labute approximate surface area is 145 Å². The quantitative estimate of drug-likeness (QED) is 0.557. The molecule has 130 valence electrons. The van der Waals surface area contributed by atoms with Gasteiger partial charge in [-0.2, -0.15) is 0 Å². The van der Waals surface area contributed by atoms with Crippen molar-refractivity contribution in [3.8, 4) is 11.5 Å². The zero-order valence-corrected chi connectivity index (χ0v) is 15.4. The summed E-state index contributed by atoms with van der Waals surface area (Å²) in [5.41, 5.74) is 2.90. The number of hydrogen-bond acceptors (Lipinski definition) is 3. The predicted octanol–water partition coefficient (Wildman–Crippen LogP) is 5.46. The maximum atomic E-state index is 12.2. The summed E-state index contributed by atoms with van der Waals surface area (Å²) in [5, 5.41) is 10.3. The van der Waals surface area contributed by atoms with Gasteiger partial charge in [0, 0.05) is 0 Å². The minimum Gasteiger partial charge on any atom is -0.507 e. The summed E-state index contributed by atoms with van der Waals surface area (Å²) >= 11 is 0. The Hall–Kier alpha value is -2.03. The molecule has 1 aliphatic heterocycles. The van der Waals surface area contributed by atoms with E-state index >= 15 is 0 Å². The summed E-state index contributed by atoms with van der Waals surface area (Å²) in [6.07, 6.45) is 9.45. The number of ketones is 1.